The first kappa shape index (κ1) is 13.5. The molecule has 2 aromatic rings. The van der Waals surface area contributed by atoms with Crippen LogP contribution in [0.15, 0.2) is 22.3 Å². The molecule has 0 atom stereocenters. The fourth-order valence-corrected chi connectivity index (χ4v) is 2.57. The van der Waals surface area contributed by atoms with Gasteiger partial charge in [0.25, 0.3) is 5.56 Å². The van der Waals surface area contributed by atoms with Gasteiger partial charge in [-0.1, -0.05) is 6.07 Å². The molecule has 0 spiro atoms. The van der Waals surface area contributed by atoms with Crippen LogP contribution < -0.4 is 5.56 Å². The van der Waals surface area contributed by atoms with Gasteiger partial charge in [0.05, 0.1) is 0 Å². The summed E-state index contributed by atoms with van der Waals surface area (Å²) in [6.07, 6.45) is 0.742. The van der Waals surface area contributed by atoms with Gasteiger partial charge in [0.15, 0.2) is 0 Å². The van der Waals surface area contributed by atoms with Gasteiger partial charge < -0.3 is 10.1 Å². The molecule has 0 aliphatic carbocycles. The molecule has 100 valence electrons. The van der Waals surface area contributed by atoms with Gasteiger partial charge in [0.2, 0.25) is 0 Å². The van der Waals surface area contributed by atoms with Crippen LogP contribution in [0.2, 0.25) is 0 Å². The third-order valence-corrected chi connectivity index (χ3v) is 3.66. The van der Waals surface area contributed by atoms with Gasteiger partial charge in [-0.15, -0.1) is 11.3 Å². The second-order valence-electron chi connectivity index (χ2n) is 4.23. The first-order valence-corrected chi connectivity index (χ1v) is 6.77. The lowest BCUT2D eigenvalue weighted by atomic mass is 10.1. The van der Waals surface area contributed by atoms with Gasteiger partial charge in [-0.3, -0.25) is 9.59 Å². The van der Waals surface area contributed by atoms with Crippen LogP contribution in [-0.4, -0.2) is 21.0 Å². The molecule has 19 heavy (non-hydrogen) atoms. The fourth-order valence-electron chi connectivity index (χ4n) is 1.86. The number of hydrogen-bond acceptors (Lipinski definition) is 4. The Balaban J connectivity index is 2.21. The molecule has 0 unspecified atom stereocenters. The summed E-state index contributed by atoms with van der Waals surface area (Å²) in [5, 5.41) is 10.6. The van der Waals surface area contributed by atoms with Crippen LogP contribution in [0.3, 0.4) is 0 Å². The number of H-pyrrole nitrogens is 1. The first-order valence-electron chi connectivity index (χ1n) is 5.89. The monoisotopic (exact) mass is 278 g/mol. The summed E-state index contributed by atoms with van der Waals surface area (Å²) in [6.45, 7) is 1.74. The van der Waals surface area contributed by atoms with Crippen LogP contribution >= 0.6 is 11.3 Å². The van der Waals surface area contributed by atoms with E-state index in [1.54, 1.807) is 18.3 Å². The molecule has 0 radical (unpaired) electrons. The predicted molar refractivity (Wildman–Crippen MR) is 72.7 cm³/mol. The van der Waals surface area contributed by atoms with E-state index in [-0.39, 0.29) is 18.4 Å². The van der Waals surface area contributed by atoms with E-state index in [0.717, 1.165) is 4.88 Å². The fraction of sp³-hybridized carbons (Fsp3) is 0.308. The number of rotatable bonds is 5. The third-order valence-electron chi connectivity index (χ3n) is 2.78. The Morgan fingerprint density at radius 3 is 2.89 bits per heavy atom. The van der Waals surface area contributed by atoms with E-state index in [9.17, 15) is 9.59 Å². The summed E-state index contributed by atoms with van der Waals surface area (Å²) in [5.41, 5.74) is 0.828. The number of aromatic nitrogens is 2. The zero-order chi connectivity index (χ0) is 13.8. The standard InChI is InChI=1S/C13H14N2O3S/c1-8-10(4-5-12(16)17)13(18)15-11(14-8)7-9-3-2-6-19-9/h2-3,6H,4-5,7H2,1H3,(H,16,17)(H,14,15,18). The average Bonchev–Trinajstić information content (AvgIpc) is 2.80. The molecule has 0 aliphatic heterocycles. The highest BCUT2D eigenvalue weighted by atomic mass is 32.1. The Bertz CT molecular complexity index is 632. The Labute approximate surface area is 114 Å². The van der Waals surface area contributed by atoms with Gasteiger partial charge in [0.1, 0.15) is 5.82 Å². The maximum atomic E-state index is 11.9. The van der Waals surface area contributed by atoms with Crippen molar-refractivity contribution in [3.63, 3.8) is 0 Å². The van der Waals surface area contributed by atoms with Gasteiger partial charge in [-0.25, -0.2) is 4.98 Å². The minimum atomic E-state index is -0.915. The number of aliphatic carboxylic acids is 1. The molecule has 2 aromatic heterocycles. The Kier molecular flexibility index (Phi) is 4.11. The SMILES string of the molecule is Cc1nc(Cc2cccs2)[nH]c(=O)c1CCC(=O)O. The van der Waals surface area contributed by atoms with Gasteiger partial charge in [-0.05, 0) is 24.8 Å². The number of hydrogen-bond donors (Lipinski definition) is 2. The van der Waals surface area contributed by atoms with Crippen molar-refractivity contribution in [2.24, 2.45) is 0 Å². The van der Waals surface area contributed by atoms with Crippen molar-refractivity contribution in [1.82, 2.24) is 9.97 Å². The zero-order valence-corrected chi connectivity index (χ0v) is 11.3. The lowest BCUT2D eigenvalue weighted by Crippen LogP contribution is -2.20. The molecule has 0 aromatic carbocycles. The smallest absolute Gasteiger partial charge is 0.303 e. The summed E-state index contributed by atoms with van der Waals surface area (Å²) in [6, 6.07) is 3.94. The molecule has 0 saturated heterocycles. The highest BCUT2D eigenvalue weighted by Crippen LogP contribution is 2.12. The first-order chi connectivity index (χ1) is 9.06. The second-order valence-corrected chi connectivity index (χ2v) is 5.26. The van der Waals surface area contributed by atoms with Crippen molar-refractivity contribution in [2.75, 3.05) is 0 Å². The van der Waals surface area contributed by atoms with Crippen molar-refractivity contribution >= 4 is 17.3 Å². The quantitative estimate of drug-likeness (QED) is 0.872. The highest BCUT2D eigenvalue weighted by molar-refractivity contribution is 7.09. The summed E-state index contributed by atoms with van der Waals surface area (Å²) >= 11 is 1.61. The number of carboxylic acids is 1. The van der Waals surface area contributed by atoms with Gasteiger partial charge >= 0.3 is 5.97 Å². The van der Waals surface area contributed by atoms with Crippen LogP contribution in [0.1, 0.15) is 28.4 Å². The number of carbonyl (C=O) groups is 1. The summed E-state index contributed by atoms with van der Waals surface area (Å²) in [5.74, 6) is -0.300. The number of aromatic amines is 1. The lowest BCUT2D eigenvalue weighted by Gasteiger charge is -2.05. The van der Waals surface area contributed by atoms with Crippen LogP contribution in [0.5, 0.6) is 0 Å². The Morgan fingerprint density at radius 2 is 2.32 bits per heavy atom. The Morgan fingerprint density at radius 1 is 1.53 bits per heavy atom. The minimum absolute atomic E-state index is 0.0597. The molecule has 2 rings (SSSR count). The van der Waals surface area contributed by atoms with Crippen molar-refractivity contribution < 1.29 is 9.90 Å². The maximum Gasteiger partial charge on any atom is 0.303 e. The molecule has 0 bridgehead atoms. The largest absolute Gasteiger partial charge is 0.481 e. The van der Waals surface area contributed by atoms with Gasteiger partial charge in [0, 0.05) is 29.0 Å². The van der Waals surface area contributed by atoms with E-state index in [0.29, 0.717) is 23.5 Å². The number of nitrogens with one attached hydrogen (secondary N) is 1. The third kappa shape index (κ3) is 3.51. The molecule has 2 heterocycles. The van der Waals surface area contributed by atoms with Crippen LogP contribution in [0.25, 0.3) is 0 Å². The molecule has 5 nitrogen and oxygen atoms in total. The van der Waals surface area contributed by atoms with Crippen molar-refractivity contribution in [3.05, 3.63) is 49.8 Å². The molecular formula is C13H14N2O3S. The van der Waals surface area contributed by atoms with Crippen molar-refractivity contribution in [3.8, 4) is 0 Å². The normalized spacial score (nSPS) is 10.6. The number of thiophene rings is 1. The van der Waals surface area contributed by atoms with Gasteiger partial charge in [-0.2, -0.15) is 0 Å². The predicted octanol–water partition coefficient (Wildman–Crippen LogP) is 1.75. The second kappa shape index (κ2) is 5.79. The topological polar surface area (TPSA) is 83.0 Å². The van der Waals surface area contributed by atoms with E-state index < -0.39 is 5.97 Å². The van der Waals surface area contributed by atoms with Crippen LogP contribution in [0.4, 0.5) is 0 Å². The van der Waals surface area contributed by atoms with E-state index in [1.807, 2.05) is 17.5 Å². The molecule has 6 heteroatoms. The summed E-state index contributed by atoms with van der Waals surface area (Å²) in [7, 11) is 0. The molecule has 2 N–H and O–H groups in total. The lowest BCUT2D eigenvalue weighted by molar-refractivity contribution is -0.136. The molecular weight excluding hydrogens is 264 g/mol. The highest BCUT2D eigenvalue weighted by Gasteiger charge is 2.10. The molecule has 0 fully saturated rings. The zero-order valence-electron chi connectivity index (χ0n) is 10.5. The number of aryl methyl sites for hydroxylation is 1. The molecule has 0 amide bonds. The minimum Gasteiger partial charge on any atom is -0.481 e. The number of nitrogens with zero attached hydrogens (tertiary/aromatic N) is 1. The van der Waals surface area contributed by atoms with E-state index in [4.69, 9.17) is 5.11 Å². The van der Waals surface area contributed by atoms with Crippen LogP contribution in [0, 0.1) is 6.92 Å². The molecule has 0 aliphatic rings. The summed E-state index contributed by atoms with van der Waals surface area (Å²) < 4.78 is 0. The van der Waals surface area contributed by atoms with Crippen molar-refractivity contribution in [2.45, 2.75) is 26.2 Å². The van der Waals surface area contributed by atoms with E-state index in [2.05, 4.69) is 9.97 Å². The number of carboxylic acid groups (broad SMARTS) is 1. The van der Waals surface area contributed by atoms with Crippen LogP contribution in [-0.2, 0) is 17.6 Å². The maximum absolute atomic E-state index is 11.9. The van der Waals surface area contributed by atoms with E-state index in [1.165, 1.54) is 0 Å². The average molecular weight is 278 g/mol. The van der Waals surface area contributed by atoms with Crippen molar-refractivity contribution in [1.29, 1.82) is 0 Å². The van der Waals surface area contributed by atoms with E-state index >= 15 is 0 Å². The summed E-state index contributed by atoms with van der Waals surface area (Å²) in [4.78, 5) is 30.7. The molecule has 0 saturated carbocycles. The Hall–Kier alpha value is -1.95.